The van der Waals surface area contributed by atoms with Crippen LogP contribution in [0.4, 0.5) is 4.48 Å². The van der Waals surface area contributed by atoms with Crippen molar-refractivity contribution >= 4 is 5.97 Å². The third-order valence-electron chi connectivity index (χ3n) is 3.79. The van der Waals surface area contributed by atoms with Crippen molar-refractivity contribution in [2.75, 3.05) is 6.54 Å². The molecule has 0 aliphatic rings. The first-order valence-electron chi connectivity index (χ1n) is 9.09. The van der Waals surface area contributed by atoms with E-state index in [9.17, 15) is 9.28 Å². The SMILES string of the molecule is C=C(CCCc1ccc(C)cc1)NCCCCC(NF)C(=O)O.CC. The summed E-state index contributed by atoms with van der Waals surface area (Å²) < 4.78 is 12.2. The van der Waals surface area contributed by atoms with Crippen LogP contribution in [-0.4, -0.2) is 23.7 Å². The zero-order valence-electron chi connectivity index (χ0n) is 15.8. The molecule has 1 rings (SSSR count). The van der Waals surface area contributed by atoms with Gasteiger partial charge in [0.25, 0.3) is 0 Å². The molecule has 0 amide bonds. The van der Waals surface area contributed by atoms with Gasteiger partial charge in [-0.2, -0.15) is 0 Å². The van der Waals surface area contributed by atoms with Crippen LogP contribution < -0.4 is 10.9 Å². The van der Waals surface area contributed by atoms with Gasteiger partial charge in [-0.25, -0.2) is 0 Å². The number of aliphatic carboxylic acids is 1. The molecule has 0 spiro atoms. The first-order chi connectivity index (χ1) is 12.0. The van der Waals surface area contributed by atoms with Crippen molar-refractivity contribution < 1.29 is 14.4 Å². The highest BCUT2D eigenvalue weighted by Gasteiger charge is 2.15. The fourth-order valence-corrected chi connectivity index (χ4v) is 2.31. The van der Waals surface area contributed by atoms with E-state index in [4.69, 9.17) is 5.11 Å². The summed E-state index contributed by atoms with van der Waals surface area (Å²) in [6.45, 7) is 10.8. The predicted molar refractivity (Wildman–Crippen MR) is 102 cm³/mol. The second-order valence-electron chi connectivity index (χ2n) is 5.87. The maximum atomic E-state index is 12.2. The Morgan fingerprint density at radius 2 is 1.84 bits per heavy atom. The molecule has 1 atom stereocenters. The van der Waals surface area contributed by atoms with Crippen molar-refractivity contribution in [2.45, 2.75) is 65.3 Å². The Hall–Kier alpha value is -1.88. The maximum absolute atomic E-state index is 12.2. The first-order valence-corrected chi connectivity index (χ1v) is 9.09. The number of benzene rings is 1. The van der Waals surface area contributed by atoms with Crippen LogP contribution in [0.5, 0.6) is 0 Å². The van der Waals surface area contributed by atoms with Gasteiger partial charge >= 0.3 is 5.97 Å². The highest BCUT2D eigenvalue weighted by molar-refractivity contribution is 5.73. The van der Waals surface area contributed by atoms with Gasteiger partial charge in [-0.05, 0) is 51.0 Å². The molecule has 3 N–H and O–H groups in total. The van der Waals surface area contributed by atoms with Crippen LogP contribution in [-0.2, 0) is 11.2 Å². The Kier molecular flexibility index (Phi) is 13.4. The van der Waals surface area contributed by atoms with Gasteiger partial charge in [0.05, 0.1) is 0 Å². The number of carboxylic acid groups (broad SMARTS) is 1. The molecule has 0 saturated carbocycles. The van der Waals surface area contributed by atoms with Gasteiger partial charge in [-0.1, -0.05) is 50.3 Å². The summed E-state index contributed by atoms with van der Waals surface area (Å²) in [5, 5.41) is 11.9. The number of carbonyl (C=O) groups is 1. The number of hydrogen-bond donors (Lipinski definition) is 3. The number of halogens is 1. The molecule has 0 heterocycles. The molecule has 4 nitrogen and oxygen atoms in total. The van der Waals surface area contributed by atoms with Crippen LogP contribution in [0.1, 0.15) is 57.1 Å². The fraction of sp³-hybridized carbons (Fsp3) is 0.550. The molecule has 142 valence electrons. The summed E-state index contributed by atoms with van der Waals surface area (Å²) in [6.07, 6.45) is 4.72. The summed E-state index contributed by atoms with van der Waals surface area (Å²) in [5.74, 6) is -1.15. The number of hydrogen-bond acceptors (Lipinski definition) is 3. The third-order valence-corrected chi connectivity index (χ3v) is 3.79. The minimum Gasteiger partial charge on any atom is -0.480 e. The van der Waals surface area contributed by atoms with Crippen LogP contribution in [0.2, 0.25) is 0 Å². The molecule has 0 saturated heterocycles. The molecule has 0 aliphatic heterocycles. The number of rotatable bonds is 12. The molecule has 0 fully saturated rings. The van der Waals surface area contributed by atoms with E-state index in [0.29, 0.717) is 6.42 Å². The summed E-state index contributed by atoms with van der Waals surface area (Å²) in [6, 6.07) is 7.46. The molecule has 1 aromatic carbocycles. The normalized spacial score (nSPS) is 11.2. The number of allylic oxidation sites excluding steroid dienone is 1. The Morgan fingerprint density at radius 1 is 1.20 bits per heavy atom. The van der Waals surface area contributed by atoms with Crippen molar-refractivity contribution in [3.05, 3.63) is 47.7 Å². The lowest BCUT2D eigenvalue weighted by atomic mass is 10.1. The molecule has 0 aliphatic carbocycles. The van der Waals surface area contributed by atoms with E-state index in [1.807, 2.05) is 13.8 Å². The fourth-order valence-electron chi connectivity index (χ4n) is 2.31. The summed E-state index contributed by atoms with van der Waals surface area (Å²) in [7, 11) is 0. The average Bonchev–Trinajstić information content (AvgIpc) is 2.61. The number of unbranched alkanes of at least 4 members (excludes halogenated alkanes) is 1. The van der Waals surface area contributed by atoms with Gasteiger partial charge in [0, 0.05) is 12.2 Å². The first kappa shape index (κ1) is 23.1. The monoisotopic (exact) mass is 352 g/mol. The number of aryl methyl sites for hydroxylation is 2. The van der Waals surface area contributed by atoms with E-state index in [1.165, 1.54) is 16.7 Å². The Morgan fingerprint density at radius 3 is 2.40 bits per heavy atom. The van der Waals surface area contributed by atoms with Crippen LogP contribution in [0.3, 0.4) is 0 Å². The van der Waals surface area contributed by atoms with Crippen molar-refractivity contribution in [1.82, 2.24) is 10.9 Å². The van der Waals surface area contributed by atoms with Gasteiger partial charge in [-0.3, -0.25) is 4.79 Å². The summed E-state index contributed by atoms with van der Waals surface area (Å²) >= 11 is 0. The Balaban J connectivity index is 0.00000277. The highest BCUT2D eigenvalue weighted by atomic mass is 19.2. The zero-order chi connectivity index (χ0) is 19.1. The lowest BCUT2D eigenvalue weighted by Gasteiger charge is -2.11. The largest absolute Gasteiger partial charge is 0.480 e. The van der Waals surface area contributed by atoms with Crippen LogP contribution in [0.25, 0.3) is 0 Å². The quantitative estimate of drug-likeness (QED) is 0.382. The molecule has 0 aromatic heterocycles. The van der Waals surface area contributed by atoms with E-state index in [1.54, 1.807) is 0 Å². The van der Waals surface area contributed by atoms with Crippen molar-refractivity contribution in [3.8, 4) is 0 Å². The van der Waals surface area contributed by atoms with Crippen LogP contribution >= 0.6 is 0 Å². The smallest absolute Gasteiger partial charge is 0.323 e. The molecule has 0 radical (unpaired) electrons. The van der Waals surface area contributed by atoms with Crippen LogP contribution in [0.15, 0.2) is 36.5 Å². The molecular formula is C20H33FN2O2. The van der Waals surface area contributed by atoms with Gasteiger partial charge < -0.3 is 10.4 Å². The third kappa shape index (κ3) is 11.3. The predicted octanol–water partition coefficient (Wildman–Crippen LogP) is 4.54. The molecular weight excluding hydrogens is 319 g/mol. The van der Waals surface area contributed by atoms with Crippen molar-refractivity contribution in [1.29, 1.82) is 0 Å². The maximum Gasteiger partial charge on any atom is 0.323 e. The topological polar surface area (TPSA) is 61.4 Å². The van der Waals surface area contributed by atoms with E-state index in [-0.39, 0.29) is 6.42 Å². The Bertz CT molecular complexity index is 489. The molecule has 1 unspecified atom stereocenters. The lowest BCUT2D eigenvalue weighted by Crippen LogP contribution is -2.31. The second-order valence-corrected chi connectivity index (χ2v) is 5.87. The average molecular weight is 352 g/mol. The second kappa shape index (κ2) is 14.5. The number of carboxylic acids is 1. The lowest BCUT2D eigenvalue weighted by molar-refractivity contribution is -0.141. The summed E-state index contributed by atoms with van der Waals surface area (Å²) in [5.41, 5.74) is 4.91. The molecule has 1 aromatic rings. The van der Waals surface area contributed by atoms with Crippen molar-refractivity contribution in [3.63, 3.8) is 0 Å². The van der Waals surface area contributed by atoms with Gasteiger partial charge in [0.2, 0.25) is 0 Å². The van der Waals surface area contributed by atoms with E-state index in [0.717, 1.165) is 37.9 Å². The Labute approximate surface area is 151 Å². The van der Waals surface area contributed by atoms with Crippen molar-refractivity contribution in [2.24, 2.45) is 0 Å². The molecule has 5 heteroatoms. The molecule has 25 heavy (non-hydrogen) atoms. The standard InChI is InChI=1S/C18H27FN2O2.C2H6/c1-14-9-11-16(12-10-14)7-5-6-15(2)20-13-4-3-8-17(21-19)18(22)23;1-2/h9-12,17,20-21H,2-8,13H2,1H3,(H,22,23);1-2H3. The van der Waals surface area contributed by atoms with Gasteiger partial charge in [-0.15, -0.1) is 10.0 Å². The molecule has 0 bridgehead atoms. The van der Waals surface area contributed by atoms with Gasteiger partial charge in [0.15, 0.2) is 0 Å². The van der Waals surface area contributed by atoms with Crippen LogP contribution in [0, 0.1) is 6.92 Å². The minimum absolute atomic E-state index is 0.285. The van der Waals surface area contributed by atoms with Gasteiger partial charge in [0.1, 0.15) is 6.04 Å². The van der Waals surface area contributed by atoms with E-state index in [2.05, 4.69) is 43.1 Å². The minimum atomic E-state index is -1.15. The number of nitrogens with one attached hydrogen (secondary N) is 2. The highest BCUT2D eigenvalue weighted by Crippen LogP contribution is 2.09. The van der Waals surface area contributed by atoms with E-state index >= 15 is 0 Å². The summed E-state index contributed by atoms with van der Waals surface area (Å²) in [4.78, 5) is 10.6. The van der Waals surface area contributed by atoms with E-state index < -0.39 is 12.0 Å². The zero-order valence-corrected chi connectivity index (χ0v) is 15.8.